The number of aromatic nitrogens is 2. The Morgan fingerprint density at radius 1 is 1.31 bits per heavy atom. The van der Waals surface area contributed by atoms with Crippen LogP contribution in [0.25, 0.3) is 10.9 Å². The van der Waals surface area contributed by atoms with E-state index < -0.39 is 5.60 Å². The van der Waals surface area contributed by atoms with Gasteiger partial charge in [0.15, 0.2) is 0 Å². The minimum absolute atomic E-state index is 0.0198. The Balaban J connectivity index is 1.27. The smallest absolute Gasteiger partial charge is 0.410 e. The van der Waals surface area contributed by atoms with Gasteiger partial charge in [-0.3, -0.25) is 9.89 Å². The van der Waals surface area contributed by atoms with Gasteiger partial charge in [0, 0.05) is 30.9 Å². The maximum Gasteiger partial charge on any atom is 0.410 e. The van der Waals surface area contributed by atoms with Crippen molar-refractivity contribution >= 4 is 22.9 Å². The SMILES string of the molecule is CC(C)(C)OC(=O)N1C[C@@H]2[C@H](C1)[C@H]2C(=O)NCc1ccc2[nH]ncc2c1. The topological polar surface area (TPSA) is 87.3 Å². The molecule has 1 aliphatic carbocycles. The zero-order chi connectivity index (χ0) is 18.5. The van der Waals surface area contributed by atoms with Crippen LogP contribution in [0.2, 0.25) is 0 Å². The van der Waals surface area contributed by atoms with E-state index in [4.69, 9.17) is 4.74 Å². The van der Waals surface area contributed by atoms with Gasteiger partial charge >= 0.3 is 6.09 Å². The Bertz CT molecular complexity index is 842. The fraction of sp³-hybridized carbons (Fsp3) is 0.526. The molecule has 0 bridgehead atoms. The summed E-state index contributed by atoms with van der Waals surface area (Å²) in [6.45, 7) is 7.31. The second-order valence-corrected chi connectivity index (χ2v) is 8.25. The van der Waals surface area contributed by atoms with E-state index in [1.807, 2.05) is 39.0 Å². The fourth-order valence-electron chi connectivity index (χ4n) is 3.80. The number of carbonyl (C=O) groups excluding carboxylic acids is 2. The first-order valence-corrected chi connectivity index (χ1v) is 8.99. The van der Waals surface area contributed by atoms with Gasteiger partial charge < -0.3 is 15.0 Å². The minimum atomic E-state index is -0.489. The van der Waals surface area contributed by atoms with Crippen LogP contribution in [0.3, 0.4) is 0 Å². The Labute approximate surface area is 152 Å². The summed E-state index contributed by atoms with van der Waals surface area (Å²) in [5.74, 6) is 0.625. The predicted octanol–water partition coefficient (Wildman–Crippen LogP) is 2.29. The molecule has 1 saturated heterocycles. The first-order chi connectivity index (χ1) is 12.3. The molecule has 1 saturated carbocycles. The fourth-order valence-corrected chi connectivity index (χ4v) is 3.80. The largest absolute Gasteiger partial charge is 0.444 e. The van der Waals surface area contributed by atoms with Gasteiger partial charge in [-0.2, -0.15) is 5.10 Å². The van der Waals surface area contributed by atoms with Gasteiger partial charge in [-0.15, -0.1) is 0 Å². The third-order valence-electron chi connectivity index (χ3n) is 5.12. The summed E-state index contributed by atoms with van der Waals surface area (Å²) in [7, 11) is 0. The van der Waals surface area contributed by atoms with Crippen LogP contribution in [0.1, 0.15) is 26.3 Å². The highest BCUT2D eigenvalue weighted by Crippen LogP contribution is 2.52. The zero-order valence-electron chi connectivity index (χ0n) is 15.3. The average molecular weight is 356 g/mol. The van der Waals surface area contributed by atoms with E-state index in [0.717, 1.165) is 16.5 Å². The van der Waals surface area contributed by atoms with Crippen LogP contribution in [0.15, 0.2) is 24.4 Å². The number of ether oxygens (including phenoxy) is 1. The highest BCUT2D eigenvalue weighted by molar-refractivity contribution is 5.83. The van der Waals surface area contributed by atoms with Crippen molar-refractivity contribution in [3.8, 4) is 0 Å². The average Bonchev–Trinajstić information content (AvgIpc) is 2.93. The van der Waals surface area contributed by atoms with E-state index in [0.29, 0.717) is 19.6 Å². The Morgan fingerprint density at radius 2 is 2.04 bits per heavy atom. The molecule has 7 nitrogen and oxygen atoms in total. The lowest BCUT2D eigenvalue weighted by Gasteiger charge is -2.25. The molecule has 2 heterocycles. The Hall–Kier alpha value is -2.57. The van der Waals surface area contributed by atoms with Crippen LogP contribution in [0, 0.1) is 17.8 Å². The zero-order valence-corrected chi connectivity index (χ0v) is 15.3. The number of nitrogens with one attached hydrogen (secondary N) is 2. The van der Waals surface area contributed by atoms with Crippen molar-refractivity contribution in [1.82, 2.24) is 20.4 Å². The number of rotatable bonds is 3. The van der Waals surface area contributed by atoms with Gasteiger partial charge in [-0.1, -0.05) is 6.07 Å². The molecule has 4 rings (SSSR count). The Morgan fingerprint density at radius 3 is 2.73 bits per heavy atom. The minimum Gasteiger partial charge on any atom is -0.444 e. The van der Waals surface area contributed by atoms with Crippen molar-refractivity contribution in [1.29, 1.82) is 0 Å². The summed E-state index contributed by atoms with van der Waals surface area (Å²) in [5, 5.41) is 11.0. The third kappa shape index (κ3) is 3.25. The van der Waals surface area contributed by atoms with Crippen LogP contribution < -0.4 is 5.32 Å². The lowest BCUT2D eigenvalue weighted by Crippen LogP contribution is -2.38. The molecule has 2 N–H and O–H groups in total. The maximum absolute atomic E-state index is 12.4. The van der Waals surface area contributed by atoms with Gasteiger partial charge in [0.2, 0.25) is 5.91 Å². The van der Waals surface area contributed by atoms with Crippen molar-refractivity contribution in [3.63, 3.8) is 0 Å². The summed E-state index contributed by atoms with van der Waals surface area (Å²) >= 11 is 0. The summed E-state index contributed by atoms with van der Waals surface area (Å²) in [6.07, 6.45) is 1.49. The molecule has 2 fully saturated rings. The number of hydrogen-bond acceptors (Lipinski definition) is 4. The van der Waals surface area contributed by atoms with E-state index >= 15 is 0 Å². The van der Waals surface area contributed by atoms with Crippen molar-refractivity contribution in [2.45, 2.75) is 32.9 Å². The van der Waals surface area contributed by atoms with Crippen molar-refractivity contribution in [3.05, 3.63) is 30.0 Å². The van der Waals surface area contributed by atoms with Gasteiger partial charge in [0.1, 0.15) is 5.60 Å². The van der Waals surface area contributed by atoms with Gasteiger partial charge in [0.25, 0.3) is 0 Å². The first-order valence-electron chi connectivity index (χ1n) is 8.99. The number of carbonyl (C=O) groups is 2. The lowest BCUT2D eigenvalue weighted by molar-refractivity contribution is -0.123. The molecule has 2 amide bonds. The molecular formula is C19H24N4O3. The Kier molecular flexibility index (Phi) is 3.89. The molecule has 138 valence electrons. The molecule has 0 unspecified atom stereocenters. The van der Waals surface area contributed by atoms with E-state index in [1.165, 1.54) is 0 Å². The summed E-state index contributed by atoms with van der Waals surface area (Å²) in [5.41, 5.74) is 1.55. The number of benzene rings is 1. The molecule has 7 heteroatoms. The molecular weight excluding hydrogens is 332 g/mol. The molecule has 0 radical (unpaired) electrons. The van der Waals surface area contributed by atoms with Gasteiger partial charge in [0.05, 0.1) is 11.7 Å². The summed E-state index contributed by atoms with van der Waals surface area (Å²) < 4.78 is 5.40. The highest BCUT2D eigenvalue weighted by atomic mass is 16.6. The number of likely N-dealkylation sites (tertiary alicyclic amines) is 1. The quantitative estimate of drug-likeness (QED) is 0.883. The number of fused-ring (bicyclic) bond motifs is 2. The first kappa shape index (κ1) is 16.9. The maximum atomic E-state index is 12.4. The number of nitrogens with zero attached hydrogens (tertiary/aromatic N) is 2. The molecule has 0 spiro atoms. The van der Waals surface area contributed by atoms with E-state index in [2.05, 4.69) is 15.5 Å². The monoisotopic (exact) mass is 356 g/mol. The number of aromatic amines is 1. The lowest BCUT2D eigenvalue weighted by atomic mass is 10.1. The summed E-state index contributed by atoms with van der Waals surface area (Å²) in [6, 6.07) is 5.98. The standard InChI is InChI=1S/C19H24N4O3/c1-19(2,3)26-18(25)23-9-13-14(10-23)16(13)17(24)20-7-11-4-5-15-12(6-11)8-21-22-15/h4-6,8,13-14,16H,7,9-10H2,1-3H3,(H,20,24)(H,21,22)/t13-,14+,16+. The third-order valence-corrected chi connectivity index (χ3v) is 5.12. The molecule has 1 aromatic heterocycles. The van der Waals surface area contributed by atoms with E-state index in [-0.39, 0.29) is 29.8 Å². The summed E-state index contributed by atoms with van der Waals surface area (Å²) in [4.78, 5) is 26.3. The molecule has 3 atom stereocenters. The van der Waals surface area contributed by atoms with Crippen molar-refractivity contribution in [2.24, 2.45) is 17.8 Å². The van der Waals surface area contributed by atoms with Crippen molar-refractivity contribution in [2.75, 3.05) is 13.1 Å². The second kappa shape index (κ2) is 6.00. The molecule has 2 aliphatic rings. The van der Waals surface area contributed by atoms with Crippen molar-refractivity contribution < 1.29 is 14.3 Å². The van der Waals surface area contributed by atoms with E-state index in [1.54, 1.807) is 11.1 Å². The van der Waals surface area contributed by atoms with E-state index in [9.17, 15) is 9.59 Å². The van der Waals surface area contributed by atoms with Crippen LogP contribution in [-0.4, -0.2) is 45.8 Å². The van der Waals surface area contributed by atoms with Crippen LogP contribution >= 0.6 is 0 Å². The molecule has 1 aromatic carbocycles. The number of H-pyrrole nitrogens is 1. The van der Waals surface area contributed by atoms with Crippen LogP contribution in [-0.2, 0) is 16.1 Å². The van der Waals surface area contributed by atoms with Crippen LogP contribution in [0.5, 0.6) is 0 Å². The van der Waals surface area contributed by atoms with Gasteiger partial charge in [-0.25, -0.2) is 4.79 Å². The predicted molar refractivity (Wildman–Crippen MR) is 96.2 cm³/mol. The number of amides is 2. The van der Waals surface area contributed by atoms with Crippen LogP contribution in [0.4, 0.5) is 4.79 Å². The van der Waals surface area contributed by atoms with Gasteiger partial charge in [-0.05, 0) is 50.3 Å². The molecule has 26 heavy (non-hydrogen) atoms. The second-order valence-electron chi connectivity index (χ2n) is 8.25. The highest BCUT2D eigenvalue weighted by Gasteiger charge is 2.60. The molecule has 1 aliphatic heterocycles. The number of piperidine rings is 1. The normalized spacial score (nSPS) is 24.4. The molecule has 2 aromatic rings. The number of hydrogen-bond donors (Lipinski definition) is 2.